The molecule has 1 aromatic heterocycles. The van der Waals surface area contributed by atoms with Gasteiger partial charge in [0.15, 0.2) is 0 Å². The molecule has 2 N–H and O–H groups in total. The Bertz CT molecular complexity index is 743. The number of likely N-dealkylation sites (tertiary alicyclic amines) is 1. The van der Waals surface area contributed by atoms with Crippen molar-refractivity contribution in [2.24, 2.45) is 0 Å². The van der Waals surface area contributed by atoms with E-state index >= 15 is 0 Å². The monoisotopic (exact) mass is 352 g/mol. The summed E-state index contributed by atoms with van der Waals surface area (Å²) in [6.45, 7) is 5.76. The minimum Gasteiger partial charge on any atom is -0.351 e. The number of benzene rings is 1. The van der Waals surface area contributed by atoms with Gasteiger partial charge in [0, 0.05) is 24.7 Å². The van der Waals surface area contributed by atoms with Crippen LogP contribution in [0.2, 0.25) is 0 Å². The molecule has 0 atom stereocenters. The fourth-order valence-electron chi connectivity index (χ4n) is 4.02. The smallest absolute Gasteiger partial charge is 0.255 e. The van der Waals surface area contributed by atoms with E-state index in [-0.39, 0.29) is 5.91 Å². The van der Waals surface area contributed by atoms with E-state index in [0.717, 1.165) is 49.4 Å². The molecular weight excluding hydrogens is 324 g/mol. The number of aryl methyl sites for hydroxylation is 1. The van der Waals surface area contributed by atoms with Gasteiger partial charge >= 0.3 is 0 Å². The third kappa shape index (κ3) is 3.83. The lowest BCUT2D eigenvalue weighted by molar-refractivity contribution is 0.0944. The first-order valence-corrected chi connectivity index (χ1v) is 9.82. The molecule has 2 aliphatic rings. The minimum atomic E-state index is 0.0253. The Morgan fingerprint density at radius 1 is 1.15 bits per heavy atom. The molecule has 1 saturated carbocycles. The van der Waals surface area contributed by atoms with Crippen LogP contribution in [-0.4, -0.2) is 47.2 Å². The first-order chi connectivity index (χ1) is 12.7. The van der Waals surface area contributed by atoms with Crippen LogP contribution in [-0.2, 0) is 0 Å². The summed E-state index contributed by atoms with van der Waals surface area (Å²) >= 11 is 0. The number of carbonyl (C=O) groups is 1. The third-order valence-electron chi connectivity index (χ3n) is 5.74. The molecule has 0 radical (unpaired) electrons. The second kappa shape index (κ2) is 7.62. The topological polar surface area (TPSA) is 61.0 Å². The molecule has 4 rings (SSSR count). The standard InChI is InChI=1S/C21H28N4O/c1-15-19(20(24-23-15)18-7-8-18)21(26)22-11-14-25-12-9-17(10-13-25)16-5-3-2-4-6-16/h2-6,17-18H,7-14H2,1H3,(H,22,26)(H,23,24). The van der Waals surface area contributed by atoms with Crippen LogP contribution in [0.25, 0.3) is 0 Å². The van der Waals surface area contributed by atoms with Gasteiger partial charge < -0.3 is 10.2 Å². The van der Waals surface area contributed by atoms with E-state index in [9.17, 15) is 4.79 Å². The van der Waals surface area contributed by atoms with Gasteiger partial charge in [-0.1, -0.05) is 30.3 Å². The highest BCUT2D eigenvalue weighted by Crippen LogP contribution is 2.41. The van der Waals surface area contributed by atoms with E-state index in [1.54, 1.807) is 0 Å². The van der Waals surface area contributed by atoms with Gasteiger partial charge in [-0.25, -0.2) is 0 Å². The fraction of sp³-hybridized carbons (Fsp3) is 0.524. The average Bonchev–Trinajstić information content (AvgIpc) is 3.45. The van der Waals surface area contributed by atoms with Crippen LogP contribution in [0.5, 0.6) is 0 Å². The summed E-state index contributed by atoms with van der Waals surface area (Å²) in [5, 5.41) is 10.4. The van der Waals surface area contributed by atoms with Crippen LogP contribution < -0.4 is 5.32 Å². The number of nitrogens with zero attached hydrogens (tertiary/aromatic N) is 2. The summed E-state index contributed by atoms with van der Waals surface area (Å²) in [7, 11) is 0. The number of piperidine rings is 1. The number of amides is 1. The molecule has 1 aliphatic carbocycles. The molecule has 5 nitrogen and oxygen atoms in total. The number of aromatic nitrogens is 2. The highest BCUT2D eigenvalue weighted by Gasteiger charge is 2.32. The molecule has 26 heavy (non-hydrogen) atoms. The lowest BCUT2D eigenvalue weighted by atomic mass is 9.89. The lowest BCUT2D eigenvalue weighted by Crippen LogP contribution is -2.39. The van der Waals surface area contributed by atoms with E-state index in [1.165, 1.54) is 18.4 Å². The maximum absolute atomic E-state index is 12.6. The van der Waals surface area contributed by atoms with Gasteiger partial charge in [0.05, 0.1) is 11.3 Å². The zero-order valence-corrected chi connectivity index (χ0v) is 15.5. The Morgan fingerprint density at radius 3 is 2.58 bits per heavy atom. The first kappa shape index (κ1) is 17.3. The van der Waals surface area contributed by atoms with Crippen molar-refractivity contribution in [1.29, 1.82) is 0 Å². The summed E-state index contributed by atoms with van der Waals surface area (Å²) in [5.41, 5.74) is 4.08. The SMILES string of the molecule is Cc1[nH]nc(C2CC2)c1C(=O)NCCN1CCC(c2ccccc2)CC1. The van der Waals surface area contributed by atoms with Crippen molar-refractivity contribution in [3.8, 4) is 0 Å². The number of nitrogens with one attached hydrogen (secondary N) is 2. The Kier molecular flexibility index (Phi) is 5.07. The Hall–Kier alpha value is -2.14. The second-order valence-electron chi connectivity index (χ2n) is 7.67. The van der Waals surface area contributed by atoms with E-state index in [0.29, 0.717) is 18.4 Å². The van der Waals surface area contributed by atoms with Crippen molar-refractivity contribution < 1.29 is 4.79 Å². The number of rotatable bonds is 6. The predicted molar refractivity (Wildman–Crippen MR) is 102 cm³/mol. The van der Waals surface area contributed by atoms with Gasteiger partial charge in [-0.15, -0.1) is 0 Å². The molecular formula is C21H28N4O. The summed E-state index contributed by atoms with van der Waals surface area (Å²) < 4.78 is 0. The van der Waals surface area contributed by atoms with Crippen molar-refractivity contribution >= 4 is 5.91 Å². The first-order valence-electron chi connectivity index (χ1n) is 9.82. The Labute approximate surface area is 155 Å². The van der Waals surface area contributed by atoms with Gasteiger partial charge in [-0.05, 0) is 57.2 Å². The van der Waals surface area contributed by atoms with Crippen LogP contribution in [0.3, 0.4) is 0 Å². The number of carbonyl (C=O) groups excluding carboxylic acids is 1. The van der Waals surface area contributed by atoms with Crippen molar-refractivity contribution in [3.05, 3.63) is 52.8 Å². The van der Waals surface area contributed by atoms with Gasteiger partial charge in [-0.3, -0.25) is 9.89 Å². The summed E-state index contributed by atoms with van der Waals surface area (Å²) in [6.07, 6.45) is 4.71. The van der Waals surface area contributed by atoms with Crippen molar-refractivity contribution in [1.82, 2.24) is 20.4 Å². The van der Waals surface area contributed by atoms with Crippen molar-refractivity contribution in [2.75, 3.05) is 26.2 Å². The van der Waals surface area contributed by atoms with Crippen molar-refractivity contribution in [3.63, 3.8) is 0 Å². The number of H-pyrrole nitrogens is 1. The molecule has 2 fully saturated rings. The van der Waals surface area contributed by atoms with Gasteiger partial charge in [-0.2, -0.15) is 5.10 Å². The highest BCUT2D eigenvalue weighted by molar-refractivity contribution is 5.96. The average molecular weight is 352 g/mol. The highest BCUT2D eigenvalue weighted by atomic mass is 16.1. The summed E-state index contributed by atoms with van der Waals surface area (Å²) in [6, 6.07) is 10.8. The number of aromatic amines is 1. The van der Waals surface area contributed by atoms with Gasteiger partial charge in [0.1, 0.15) is 0 Å². The Balaban J connectivity index is 1.23. The maximum Gasteiger partial charge on any atom is 0.255 e. The van der Waals surface area contributed by atoms with Crippen LogP contribution in [0.15, 0.2) is 30.3 Å². The molecule has 5 heteroatoms. The van der Waals surface area contributed by atoms with Crippen LogP contribution in [0, 0.1) is 6.92 Å². The minimum absolute atomic E-state index is 0.0253. The van der Waals surface area contributed by atoms with Crippen molar-refractivity contribution in [2.45, 2.75) is 44.4 Å². The van der Waals surface area contributed by atoms with Crippen LogP contribution in [0.1, 0.15) is 64.8 Å². The third-order valence-corrected chi connectivity index (χ3v) is 5.74. The zero-order chi connectivity index (χ0) is 17.9. The van der Waals surface area contributed by atoms with Crippen LogP contribution >= 0.6 is 0 Å². The quantitative estimate of drug-likeness (QED) is 0.839. The van der Waals surface area contributed by atoms with E-state index in [1.807, 2.05) is 6.92 Å². The number of hydrogen-bond acceptors (Lipinski definition) is 3. The molecule has 0 spiro atoms. The fourth-order valence-corrected chi connectivity index (χ4v) is 4.02. The number of hydrogen-bond donors (Lipinski definition) is 2. The van der Waals surface area contributed by atoms with Crippen LogP contribution in [0.4, 0.5) is 0 Å². The zero-order valence-electron chi connectivity index (χ0n) is 15.5. The van der Waals surface area contributed by atoms with Gasteiger partial charge in [0.2, 0.25) is 0 Å². The molecule has 1 amide bonds. The molecule has 1 aromatic carbocycles. The molecule has 2 aromatic rings. The maximum atomic E-state index is 12.6. The molecule has 0 bridgehead atoms. The second-order valence-corrected chi connectivity index (χ2v) is 7.67. The normalized spacial score (nSPS) is 18.8. The molecule has 2 heterocycles. The predicted octanol–water partition coefficient (Wildman–Crippen LogP) is 3.20. The molecule has 1 saturated heterocycles. The Morgan fingerprint density at radius 2 is 1.88 bits per heavy atom. The summed E-state index contributed by atoms with van der Waals surface area (Å²) in [5.74, 6) is 1.19. The summed E-state index contributed by atoms with van der Waals surface area (Å²) in [4.78, 5) is 15.0. The molecule has 138 valence electrons. The van der Waals surface area contributed by atoms with E-state index in [2.05, 4.69) is 50.7 Å². The molecule has 1 aliphatic heterocycles. The van der Waals surface area contributed by atoms with E-state index < -0.39 is 0 Å². The largest absolute Gasteiger partial charge is 0.351 e. The molecule has 0 unspecified atom stereocenters. The van der Waals surface area contributed by atoms with Gasteiger partial charge in [0.25, 0.3) is 5.91 Å². The van der Waals surface area contributed by atoms with E-state index in [4.69, 9.17) is 0 Å². The lowest BCUT2D eigenvalue weighted by Gasteiger charge is -2.32.